The first-order valence-corrected chi connectivity index (χ1v) is 8.80. The number of amides is 2. The molecule has 0 aliphatic carbocycles. The first-order chi connectivity index (χ1) is 13.2. The zero-order valence-electron chi connectivity index (χ0n) is 15.0. The van der Waals surface area contributed by atoms with Gasteiger partial charge in [0, 0.05) is 43.2 Å². The second-order valence-corrected chi connectivity index (χ2v) is 6.45. The monoisotopic (exact) mass is 368 g/mol. The Bertz CT molecular complexity index is 952. The molecule has 1 aliphatic rings. The van der Waals surface area contributed by atoms with E-state index >= 15 is 0 Å². The van der Waals surface area contributed by atoms with Gasteiger partial charge in [0.1, 0.15) is 11.3 Å². The lowest BCUT2D eigenvalue weighted by atomic mass is 10.1. The van der Waals surface area contributed by atoms with E-state index < -0.39 is 0 Å². The minimum atomic E-state index is -0.137. The Kier molecular flexibility index (Phi) is 4.58. The molecule has 1 aliphatic heterocycles. The number of nitrogens with zero attached hydrogens (tertiary/aromatic N) is 2. The highest BCUT2D eigenvalue weighted by Gasteiger charge is 2.26. The van der Waals surface area contributed by atoms with Gasteiger partial charge in [0.2, 0.25) is 5.91 Å². The summed E-state index contributed by atoms with van der Waals surface area (Å²) in [4.78, 5) is 28.5. The molecule has 140 valence electrons. The Hall–Kier alpha value is -3.22. The van der Waals surface area contributed by atoms with Gasteiger partial charge < -0.3 is 23.4 Å². The topological polar surface area (TPSA) is 76.1 Å². The summed E-state index contributed by atoms with van der Waals surface area (Å²) < 4.78 is 15.9. The summed E-state index contributed by atoms with van der Waals surface area (Å²) in [6, 6.07) is 8.91. The number of methoxy groups -OCH3 is 1. The van der Waals surface area contributed by atoms with Crippen molar-refractivity contribution in [3.8, 4) is 5.75 Å². The standard InChI is InChI=1S/C20H20N2O5/c1-25-15-4-5-16-14(13-27-18(16)12-15)11-19(23)21-6-8-22(9-7-21)20(24)17-3-2-10-26-17/h2-5,10,12-13H,6-9,11H2,1H3. The van der Waals surface area contributed by atoms with E-state index in [1.807, 2.05) is 18.2 Å². The van der Waals surface area contributed by atoms with Crippen molar-refractivity contribution in [2.45, 2.75) is 6.42 Å². The van der Waals surface area contributed by atoms with E-state index in [0.29, 0.717) is 43.3 Å². The van der Waals surface area contributed by atoms with E-state index in [2.05, 4.69) is 0 Å². The summed E-state index contributed by atoms with van der Waals surface area (Å²) in [6.45, 7) is 2.01. The molecule has 0 saturated carbocycles. The Labute approximate surface area is 156 Å². The van der Waals surface area contributed by atoms with Crippen LogP contribution < -0.4 is 4.74 Å². The molecule has 1 saturated heterocycles. The van der Waals surface area contributed by atoms with Gasteiger partial charge in [-0.2, -0.15) is 0 Å². The van der Waals surface area contributed by atoms with Crippen LogP contribution in [0.15, 0.2) is 51.7 Å². The van der Waals surface area contributed by atoms with Crippen LogP contribution in [0.1, 0.15) is 16.1 Å². The summed E-state index contributed by atoms with van der Waals surface area (Å²) in [7, 11) is 1.60. The molecule has 0 unspecified atom stereocenters. The Morgan fingerprint density at radius 2 is 1.85 bits per heavy atom. The predicted octanol–water partition coefficient (Wildman–Crippen LogP) is 2.56. The van der Waals surface area contributed by atoms with Crippen molar-refractivity contribution in [3.63, 3.8) is 0 Å². The maximum atomic E-state index is 12.7. The number of furan rings is 2. The van der Waals surface area contributed by atoms with Gasteiger partial charge in [0.15, 0.2) is 5.76 Å². The van der Waals surface area contributed by atoms with Gasteiger partial charge >= 0.3 is 0 Å². The molecule has 7 heteroatoms. The van der Waals surface area contributed by atoms with Crippen LogP contribution in [0.3, 0.4) is 0 Å². The quantitative estimate of drug-likeness (QED) is 0.707. The highest BCUT2D eigenvalue weighted by Crippen LogP contribution is 2.26. The molecule has 0 radical (unpaired) electrons. The molecule has 3 heterocycles. The molecule has 1 fully saturated rings. The van der Waals surface area contributed by atoms with Gasteiger partial charge in [-0.1, -0.05) is 0 Å². The molecular formula is C20H20N2O5. The summed E-state index contributed by atoms with van der Waals surface area (Å²) in [6.07, 6.45) is 3.38. The summed E-state index contributed by atoms with van der Waals surface area (Å²) in [5, 5.41) is 0.913. The van der Waals surface area contributed by atoms with Gasteiger partial charge in [-0.05, 0) is 24.3 Å². The third kappa shape index (κ3) is 3.40. The Morgan fingerprint density at radius 3 is 2.56 bits per heavy atom. The lowest BCUT2D eigenvalue weighted by Crippen LogP contribution is -2.50. The van der Waals surface area contributed by atoms with E-state index in [4.69, 9.17) is 13.6 Å². The second kappa shape index (κ2) is 7.19. The van der Waals surface area contributed by atoms with E-state index in [1.54, 1.807) is 35.3 Å². The molecule has 2 aromatic heterocycles. The van der Waals surface area contributed by atoms with Gasteiger partial charge in [-0.25, -0.2) is 0 Å². The van der Waals surface area contributed by atoms with Crippen LogP contribution in [-0.2, 0) is 11.2 Å². The minimum absolute atomic E-state index is 0.0265. The van der Waals surface area contributed by atoms with Crippen LogP contribution in [0.4, 0.5) is 0 Å². The number of carbonyl (C=O) groups is 2. The van der Waals surface area contributed by atoms with Crippen LogP contribution in [0.2, 0.25) is 0 Å². The number of fused-ring (bicyclic) bond motifs is 1. The smallest absolute Gasteiger partial charge is 0.289 e. The van der Waals surface area contributed by atoms with Crippen molar-refractivity contribution in [1.82, 2.24) is 9.80 Å². The number of hydrogen-bond donors (Lipinski definition) is 0. The Balaban J connectivity index is 1.38. The van der Waals surface area contributed by atoms with E-state index in [1.165, 1.54) is 6.26 Å². The van der Waals surface area contributed by atoms with Crippen molar-refractivity contribution >= 4 is 22.8 Å². The Morgan fingerprint density at radius 1 is 1.07 bits per heavy atom. The molecule has 27 heavy (non-hydrogen) atoms. The molecule has 1 aromatic carbocycles. The number of ether oxygens (including phenoxy) is 1. The number of carbonyl (C=O) groups excluding carboxylic acids is 2. The molecular weight excluding hydrogens is 348 g/mol. The fraction of sp³-hybridized carbons (Fsp3) is 0.300. The number of hydrogen-bond acceptors (Lipinski definition) is 5. The first kappa shape index (κ1) is 17.2. The van der Waals surface area contributed by atoms with E-state index in [9.17, 15) is 9.59 Å². The summed E-state index contributed by atoms with van der Waals surface area (Å²) in [5.41, 5.74) is 1.55. The average molecular weight is 368 g/mol. The molecule has 3 aromatic rings. The third-order valence-electron chi connectivity index (χ3n) is 4.86. The third-order valence-corrected chi connectivity index (χ3v) is 4.86. The molecule has 2 amide bonds. The number of piperazine rings is 1. The lowest BCUT2D eigenvalue weighted by Gasteiger charge is -2.34. The summed E-state index contributed by atoms with van der Waals surface area (Å²) in [5.74, 6) is 0.933. The van der Waals surface area contributed by atoms with Crippen LogP contribution in [0.5, 0.6) is 5.75 Å². The predicted molar refractivity (Wildman–Crippen MR) is 97.7 cm³/mol. The first-order valence-electron chi connectivity index (χ1n) is 8.80. The highest BCUT2D eigenvalue weighted by molar-refractivity contribution is 5.92. The molecule has 0 bridgehead atoms. The molecule has 7 nitrogen and oxygen atoms in total. The van der Waals surface area contributed by atoms with E-state index in [0.717, 1.165) is 10.9 Å². The zero-order valence-corrected chi connectivity index (χ0v) is 15.0. The fourth-order valence-electron chi connectivity index (χ4n) is 3.32. The molecule has 4 rings (SSSR count). The maximum Gasteiger partial charge on any atom is 0.289 e. The van der Waals surface area contributed by atoms with Gasteiger partial charge in [-0.15, -0.1) is 0 Å². The SMILES string of the molecule is COc1ccc2c(CC(=O)N3CCN(C(=O)c4ccco4)CC3)coc2c1. The highest BCUT2D eigenvalue weighted by atomic mass is 16.5. The fourth-order valence-corrected chi connectivity index (χ4v) is 3.32. The van der Waals surface area contributed by atoms with Crippen LogP contribution in [0, 0.1) is 0 Å². The lowest BCUT2D eigenvalue weighted by molar-refractivity contribution is -0.131. The summed E-state index contributed by atoms with van der Waals surface area (Å²) >= 11 is 0. The van der Waals surface area contributed by atoms with Crippen LogP contribution in [-0.4, -0.2) is 54.9 Å². The molecule has 0 N–H and O–H groups in total. The van der Waals surface area contributed by atoms with Gasteiger partial charge in [-0.3, -0.25) is 9.59 Å². The van der Waals surface area contributed by atoms with Crippen molar-refractivity contribution < 1.29 is 23.2 Å². The maximum absolute atomic E-state index is 12.7. The second-order valence-electron chi connectivity index (χ2n) is 6.45. The normalized spacial score (nSPS) is 14.6. The number of benzene rings is 1. The van der Waals surface area contributed by atoms with E-state index in [-0.39, 0.29) is 18.2 Å². The minimum Gasteiger partial charge on any atom is -0.497 e. The van der Waals surface area contributed by atoms with Crippen molar-refractivity contribution in [2.24, 2.45) is 0 Å². The van der Waals surface area contributed by atoms with Crippen molar-refractivity contribution in [2.75, 3.05) is 33.3 Å². The van der Waals surface area contributed by atoms with Crippen molar-refractivity contribution in [3.05, 3.63) is 54.2 Å². The zero-order chi connectivity index (χ0) is 18.8. The number of rotatable bonds is 4. The van der Waals surface area contributed by atoms with Crippen LogP contribution in [0.25, 0.3) is 11.0 Å². The molecule has 0 spiro atoms. The van der Waals surface area contributed by atoms with Gasteiger partial charge in [0.05, 0.1) is 26.1 Å². The average Bonchev–Trinajstić information content (AvgIpc) is 3.37. The van der Waals surface area contributed by atoms with Crippen LogP contribution >= 0.6 is 0 Å². The van der Waals surface area contributed by atoms with Crippen molar-refractivity contribution in [1.29, 1.82) is 0 Å². The largest absolute Gasteiger partial charge is 0.497 e. The molecule has 0 atom stereocenters. The van der Waals surface area contributed by atoms with Gasteiger partial charge in [0.25, 0.3) is 5.91 Å².